The Hall–Kier alpha value is -2.92. The summed E-state index contributed by atoms with van der Waals surface area (Å²) in [6, 6.07) is 13.7. The van der Waals surface area contributed by atoms with E-state index in [-0.39, 0.29) is 0 Å². The Balaban J connectivity index is 1.85. The van der Waals surface area contributed by atoms with E-state index >= 15 is 0 Å². The summed E-state index contributed by atoms with van der Waals surface area (Å²) in [6.45, 7) is 0. The van der Waals surface area contributed by atoms with Crippen LogP contribution in [-0.2, 0) is 7.05 Å². The van der Waals surface area contributed by atoms with Gasteiger partial charge >= 0.3 is 0 Å². The molecule has 0 saturated heterocycles. The lowest BCUT2D eigenvalue weighted by molar-refractivity contribution is 0.977. The predicted molar refractivity (Wildman–Crippen MR) is 96.5 cm³/mol. The van der Waals surface area contributed by atoms with Crippen molar-refractivity contribution in [2.45, 2.75) is 0 Å². The summed E-state index contributed by atoms with van der Waals surface area (Å²) >= 11 is 6.14. The quantitative estimate of drug-likeness (QED) is 0.602. The zero-order valence-electron chi connectivity index (χ0n) is 12.9. The Labute approximate surface area is 144 Å². The van der Waals surface area contributed by atoms with Gasteiger partial charge in [0.05, 0.1) is 5.52 Å². The Morgan fingerprint density at radius 2 is 1.96 bits per heavy atom. The molecule has 0 spiro atoms. The van der Waals surface area contributed by atoms with Crippen LogP contribution in [0.5, 0.6) is 0 Å². The van der Waals surface area contributed by atoms with Gasteiger partial charge in [-0.15, -0.1) is 0 Å². The summed E-state index contributed by atoms with van der Waals surface area (Å²) in [5.74, 6) is 1.47. The molecule has 118 valence electrons. The SMILES string of the molecule is Cn1c(-c2cccc(Cl)c2)cc2c(Nc3ccncn3)nccc21. The van der Waals surface area contributed by atoms with Crippen LogP contribution in [0.3, 0.4) is 0 Å². The molecule has 24 heavy (non-hydrogen) atoms. The standard InChI is InChI=1S/C18H14ClN5/c1-24-15-5-8-21-18(23-17-6-7-20-11-22-17)14(15)10-16(24)12-3-2-4-13(19)9-12/h2-11H,1H3,(H,20,21,22,23). The van der Waals surface area contributed by atoms with E-state index in [1.54, 1.807) is 18.5 Å². The summed E-state index contributed by atoms with van der Waals surface area (Å²) in [5, 5.41) is 4.99. The van der Waals surface area contributed by atoms with Crippen LogP contribution >= 0.6 is 11.6 Å². The first-order valence-electron chi connectivity index (χ1n) is 7.46. The number of fused-ring (bicyclic) bond motifs is 1. The largest absolute Gasteiger partial charge is 0.343 e. The Bertz CT molecular complexity index is 1010. The predicted octanol–water partition coefficient (Wildman–Crippen LogP) is 4.43. The molecule has 4 aromatic rings. The maximum Gasteiger partial charge on any atom is 0.140 e. The van der Waals surface area contributed by atoms with E-state index in [9.17, 15) is 0 Å². The number of halogens is 1. The number of anilines is 2. The number of hydrogen-bond donors (Lipinski definition) is 1. The van der Waals surface area contributed by atoms with Crippen molar-refractivity contribution < 1.29 is 0 Å². The molecule has 0 radical (unpaired) electrons. The van der Waals surface area contributed by atoms with Crippen molar-refractivity contribution in [2.75, 3.05) is 5.32 Å². The molecule has 0 unspecified atom stereocenters. The van der Waals surface area contributed by atoms with Gasteiger partial charge in [-0.25, -0.2) is 15.0 Å². The van der Waals surface area contributed by atoms with Crippen LogP contribution in [0.1, 0.15) is 0 Å². The van der Waals surface area contributed by atoms with Gasteiger partial charge in [0.25, 0.3) is 0 Å². The van der Waals surface area contributed by atoms with E-state index < -0.39 is 0 Å². The number of nitrogens with zero attached hydrogens (tertiary/aromatic N) is 4. The fourth-order valence-corrected chi connectivity index (χ4v) is 2.96. The lowest BCUT2D eigenvalue weighted by Gasteiger charge is -2.06. The monoisotopic (exact) mass is 335 g/mol. The maximum absolute atomic E-state index is 6.14. The number of pyridine rings is 1. The average Bonchev–Trinajstić information content (AvgIpc) is 2.94. The van der Waals surface area contributed by atoms with Crippen molar-refractivity contribution in [1.29, 1.82) is 0 Å². The first kappa shape index (κ1) is 14.7. The normalized spacial score (nSPS) is 10.9. The minimum atomic E-state index is 0.707. The first-order chi connectivity index (χ1) is 11.7. The Morgan fingerprint density at radius 3 is 2.75 bits per heavy atom. The van der Waals surface area contributed by atoms with Crippen LogP contribution in [-0.4, -0.2) is 19.5 Å². The zero-order chi connectivity index (χ0) is 16.5. The van der Waals surface area contributed by atoms with Crippen molar-refractivity contribution in [3.05, 3.63) is 66.2 Å². The van der Waals surface area contributed by atoms with Gasteiger partial charge in [-0.05, 0) is 35.9 Å². The van der Waals surface area contributed by atoms with Crippen LogP contribution < -0.4 is 5.32 Å². The van der Waals surface area contributed by atoms with Crippen molar-refractivity contribution >= 4 is 34.1 Å². The minimum absolute atomic E-state index is 0.707. The van der Waals surface area contributed by atoms with Crippen LogP contribution in [0.15, 0.2) is 61.2 Å². The number of hydrogen-bond acceptors (Lipinski definition) is 4. The van der Waals surface area contributed by atoms with Gasteiger partial charge in [0.1, 0.15) is 18.0 Å². The molecule has 3 heterocycles. The van der Waals surface area contributed by atoms with E-state index in [1.165, 1.54) is 6.33 Å². The third-order valence-electron chi connectivity index (χ3n) is 3.92. The van der Waals surface area contributed by atoms with Gasteiger partial charge in [0, 0.05) is 35.5 Å². The molecule has 0 aliphatic heterocycles. The highest BCUT2D eigenvalue weighted by molar-refractivity contribution is 6.30. The molecule has 4 rings (SSSR count). The molecule has 0 bridgehead atoms. The zero-order valence-corrected chi connectivity index (χ0v) is 13.7. The van der Waals surface area contributed by atoms with Gasteiger partial charge in [-0.2, -0.15) is 0 Å². The summed E-state index contributed by atoms with van der Waals surface area (Å²) in [6.07, 6.45) is 4.98. The van der Waals surface area contributed by atoms with E-state index in [4.69, 9.17) is 11.6 Å². The second kappa shape index (κ2) is 5.94. The maximum atomic E-state index is 6.14. The average molecular weight is 336 g/mol. The van der Waals surface area contributed by atoms with Crippen molar-refractivity contribution in [2.24, 2.45) is 7.05 Å². The van der Waals surface area contributed by atoms with Crippen LogP contribution in [0.25, 0.3) is 22.2 Å². The van der Waals surface area contributed by atoms with Gasteiger partial charge in [-0.1, -0.05) is 23.7 Å². The van der Waals surface area contributed by atoms with E-state index in [0.29, 0.717) is 5.82 Å². The van der Waals surface area contributed by atoms with Crippen molar-refractivity contribution in [3.63, 3.8) is 0 Å². The molecular formula is C18H14ClN5. The highest BCUT2D eigenvalue weighted by atomic mass is 35.5. The molecule has 0 aliphatic carbocycles. The van der Waals surface area contributed by atoms with Gasteiger partial charge in [0.2, 0.25) is 0 Å². The van der Waals surface area contributed by atoms with Crippen molar-refractivity contribution in [1.82, 2.24) is 19.5 Å². The summed E-state index contributed by atoms with van der Waals surface area (Å²) in [7, 11) is 2.03. The van der Waals surface area contributed by atoms with Crippen LogP contribution in [0.2, 0.25) is 5.02 Å². The molecule has 6 heteroatoms. The Kier molecular flexibility index (Phi) is 3.63. The molecule has 0 atom stereocenters. The minimum Gasteiger partial charge on any atom is -0.343 e. The number of aromatic nitrogens is 4. The van der Waals surface area contributed by atoms with Crippen LogP contribution in [0, 0.1) is 0 Å². The van der Waals surface area contributed by atoms with Gasteiger partial charge < -0.3 is 9.88 Å². The fraction of sp³-hybridized carbons (Fsp3) is 0.0556. The number of benzene rings is 1. The molecule has 0 saturated carbocycles. The fourth-order valence-electron chi connectivity index (χ4n) is 2.77. The topological polar surface area (TPSA) is 55.6 Å². The second-order valence-corrected chi connectivity index (χ2v) is 5.85. The lowest BCUT2D eigenvalue weighted by Crippen LogP contribution is -1.97. The number of nitrogens with one attached hydrogen (secondary N) is 1. The molecule has 3 aromatic heterocycles. The smallest absolute Gasteiger partial charge is 0.140 e. The summed E-state index contributed by atoms with van der Waals surface area (Å²) in [5.41, 5.74) is 3.22. The lowest BCUT2D eigenvalue weighted by atomic mass is 10.1. The molecule has 0 aliphatic rings. The summed E-state index contributed by atoms with van der Waals surface area (Å²) in [4.78, 5) is 12.6. The van der Waals surface area contributed by atoms with E-state index in [1.807, 2.05) is 37.4 Å². The molecular weight excluding hydrogens is 322 g/mol. The molecule has 1 aromatic carbocycles. The van der Waals surface area contributed by atoms with E-state index in [2.05, 4.69) is 30.9 Å². The first-order valence-corrected chi connectivity index (χ1v) is 7.83. The molecule has 0 amide bonds. The van der Waals surface area contributed by atoms with Gasteiger partial charge in [0.15, 0.2) is 0 Å². The molecule has 1 N–H and O–H groups in total. The van der Waals surface area contributed by atoms with Crippen LogP contribution in [0.4, 0.5) is 11.6 Å². The number of aryl methyl sites for hydroxylation is 1. The second-order valence-electron chi connectivity index (χ2n) is 5.41. The third kappa shape index (κ3) is 2.59. The Morgan fingerprint density at radius 1 is 1.04 bits per heavy atom. The summed E-state index contributed by atoms with van der Waals surface area (Å²) < 4.78 is 2.13. The highest BCUT2D eigenvalue weighted by Gasteiger charge is 2.12. The van der Waals surface area contributed by atoms with Crippen molar-refractivity contribution in [3.8, 4) is 11.3 Å². The molecule has 0 fully saturated rings. The molecule has 5 nitrogen and oxygen atoms in total. The van der Waals surface area contributed by atoms with Gasteiger partial charge in [-0.3, -0.25) is 0 Å². The highest BCUT2D eigenvalue weighted by Crippen LogP contribution is 2.32. The van der Waals surface area contributed by atoms with E-state index in [0.717, 1.165) is 33.0 Å². The third-order valence-corrected chi connectivity index (χ3v) is 4.15. The number of rotatable bonds is 3.